The molecule has 31 heavy (non-hydrogen) atoms. The van der Waals surface area contributed by atoms with Crippen LogP contribution in [0.15, 0.2) is 52.9 Å². The molecule has 1 aliphatic heterocycles. The van der Waals surface area contributed by atoms with Gasteiger partial charge < -0.3 is 20.1 Å². The van der Waals surface area contributed by atoms with Crippen LogP contribution in [0.2, 0.25) is 0 Å². The number of nitrogens with zero attached hydrogens (tertiary/aromatic N) is 2. The van der Waals surface area contributed by atoms with Gasteiger partial charge in [-0.15, -0.1) is 0 Å². The molecule has 6 nitrogen and oxygen atoms in total. The van der Waals surface area contributed by atoms with Gasteiger partial charge in [-0.3, -0.25) is 4.79 Å². The van der Waals surface area contributed by atoms with Gasteiger partial charge >= 0.3 is 6.18 Å². The molecule has 9 heteroatoms. The predicted molar refractivity (Wildman–Crippen MR) is 112 cm³/mol. The molecule has 1 saturated heterocycles. The lowest BCUT2D eigenvalue weighted by Crippen LogP contribution is -2.39. The highest BCUT2D eigenvalue weighted by Gasteiger charge is 2.30. The molecular weight excluding hydrogens is 411 g/mol. The first-order valence-corrected chi connectivity index (χ1v) is 9.89. The summed E-state index contributed by atoms with van der Waals surface area (Å²) in [5.74, 6) is 0.322. The molecule has 2 rings (SSSR count). The fourth-order valence-corrected chi connectivity index (χ4v) is 3.06. The summed E-state index contributed by atoms with van der Waals surface area (Å²) in [5, 5.41) is 0. The van der Waals surface area contributed by atoms with Crippen LogP contribution in [-0.2, 0) is 27.1 Å². The predicted octanol–water partition coefficient (Wildman–Crippen LogP) is 4.23. The van der Waals surface area contributed by atoms with Crippen LogP contribution in [0, 0.1) is 5.92 Å². The maximum atomic E-state index is 13.1. The molecule has 0 spiro atoms. The van der Waals surface area contributed by atoms with Crippen LogP contribution >= 0.6 is 0 Å². The summed E-state index contributed by atoms with van der Waals surface area (Å²) in [4.78, 5) is 18.8. The molecule has 0 saturated carbocycles. The molecule has 1 aromatic rings. The van der Waals surface area contributed by atoms with Gasteiger partial charge in [0.15, 0.2) is 0 Å². The summed E-state index contributed by atoms with van der Waals surface area (Å²) in [6, 6.07) is 4.63. The van der Waals surface area contributed by atoms with Gasteiger partial charge in [0.2, 0.25) is 0 Å². The van der Waals surface area contributed by atoms with Crippen LogP contribution in [0.1, 0.15) is 37.8 Å². The standard InChI is InChI=1S/C22H28F3N3O3/c1-14-8-10-28(11-9-14)20(29)19(27-21(26)30-4)15(2)16(3)31-13-17-6-5-7-18(12-17)22(23,24)25/h5-7,12,14H,3,8-11,13H2,1-2,4H3,(H2,26,27)/b19-15-. The number of carbonyl (C=O) groups excluding carboxylic acids is 1. The molecule has 1 amide bonds. The first kappa shape index (κ1) is 24.3. The Morgan fingerprint density at radius 1 is 1.32 bits per heavy atom. The molecule has 0 bridgehead atoms. The van der Waals surface area contributed by atoms with Crippen LogP contribution < -0.4 is 5.73 Å². The highest BCUT2D eigenvalue weighted by Crippen LogP contribution is 2.30. The third-order valence-electron chi connectivity index (χ3n) is 5.15. The number of hydrogen-bond donors (Lipinski definition) is 1. The largest absolute Gasteiger partial charge is 0.489 e. The Labute approximate surface area is 180 Å². The van der Waals surface area contributed by atoms with E-state index in [1.165, 1.54) is 19.2 Å². The molecule has 0 aliphatic carbocycles. The minimum absolute atomic E-state index is 0.0305. The number of benzene rings is 1. The fraction of sp³-hybridized carbons (Fsp3) is 0.455. The summed E-state index contributed by atoms with van der Waals surface area (Å²) >= 11 is 0. The third-order valence-corrected chi connectivity index (χ3v) is 5.15. The number of carbonyl (C=O) groups is 1. The Balaban J connectivity index is 2.21. The molecule has 0 unspecified atom stereocenters. The number of alkyl halides is 3. The van der Waals surface area contributed by atoms with Crippen LogP contribution in [0.25, 0.3) is 0 Å². The van der Waals surface area contributed by atoms with Crippen LogP contribution in [-0.4, -0.2) is 37.0 Å². The van der Waals surface area contributed by atoms with E-state index in [0.717, 1.165) is 25.0 Å². The smallest absolute Gasteiger partial charge is 0.416 e. The van der Waals surface area contributed by atoms with E-state index in [-0.39, 0.29) is 30.0 Å². The number of hydrogen-bond acceptors (Lipinski definition) is 4. The van der Waals surface area contributed by atoms with E-state index in [2.05, 4.69) is 18.5 Å². The van der Waals surface area contributed by atoms with Gasteiger partial charge in [0.1, 0.15) is 18.1 Å². The minimum Gasteiger partial charge on any atom is -0.489 e. The van der Waals surface area contributed by atoms with Gasteiger partial charge in [-0.2, -0.15) is 18.2 Å². The van der Waals surface area contributed by atoms with Gasteiger partial charge in [-0.05, 0) is 43.4 Å². The van der Waals surface area contributed by atoms with Crippen molar-refractivity contribution in [3.8, 4) is 0 Å². The number of ether oxygens (including phenoxy) is 2. The Bertz CT molecular complexity index is 870. The maximum Gasteiger partial charge on any atom is 0.416 e. The lowest BCUT2D eigenvalue weighted by molar-refractivity contribution is -0.137. The van der Waals surface area contributed by atoms with E-state index in [1.807, 2.05) is 0 Å². The van der Waals surface area contributed by atoms with Crippen molar-refractivity contribution in [1.29, 1.82) is 0 Å². The van der Waals surface area contributed by atoms with Gasteiger partial charge in [-0.25, -0.2) is 0 Å². The highest BCUT2D eigenvalue weighted by molar-refractivity contribution is 5.96. The van der Waals surface area contributed by atoms with E-state index in [4.69, 9.17) is 15.2 Å². The number of rotatable bonds is 6. The number of amidine groups is 1. The quantitative estimate of drug-likeness (QED) is 0.237. The molecular formula is C22H28F3N3O3. The van der Waals surface area contributed by atoms with E-state index in [0.29, 0.717) is 30.1 Å². The third kappa shape index (κ3) is 6.77. The number of aliphatic imine (C=N–C) groups is 1. The number of likely N-dealkylation sites (tertiary alicyclic amines) is 1. The Morgan fingerprint density at radius 3 is 2.55 bits per heavy atom. The summed E-state index contributed by atoms with van der Waals surface area (Å²) in [6.07, 6.45) is -2.68. The molecule has 170 valence electrons. The van der Waals surface area contributed by atoms with Crippen molar-refractivity contribution in [2.45, 2.75) is 39.5 Å². The zero-order valence-corrected chi connectivity index (χ0v) is 18.0. The number of nitrogens with two attached hydrogens (primary N) is 1. The molecule has 0 radical (unpaired) electrons. The molecule has 1 aliphatic rings. The van der Waals surface area contributed by atoms with E-state index >= 15 is 0 Å². The van der Waals surface area contributed by atoms with E-state index < -0.39 is 11.7 Å². The monoisotopic (exact) mass is 439 g/mol. The summed E-state index contributed by atoms with van der Waals surface area (Å²) in [7, 11) is 1.33. The maximum absolute atomic E-state index is 13.1. The SMILES string of the molecule is C=C(OCc1cccc(C(F)(F)F)c1)/C(C)=C(\N=C(/N)OC)C(=O)N1CCC(C)CC1. The van der Waals surface area contributed by atoms with Gasteiger partial charge in [0.25, 0.3) is 11.9 Å². The van der Waals surface area contributed by atoms with Crippen LogP contribution in [0.3, 0.4) is 0 Å². The van der Waals surface area contributed by atoms with Crippen molar-refractivity contribution in [2.75, 3.05) is 20.2 Å². The van der Waals surface area contributed by atoms with Crippen molar-refractivity contribution in [2.24, 2.45) is 16.6 Å². The fourth-order valence-electron chi connectivity index (χ4n) is 3.06. The zero-order chi connectivity index (χ0) is 23.2. The molecule has 0 aromatic heterocycles. The van der Waals surface area contributed by atoms with Crippen molar-refractivity contribution >= 4 is 11.9 Å². The lowest BCUT2D eigenvalue weighted by atomic mass is 9.99. The Hall–Kier alpha value is -2.97. The summed E-state index contributed by atoms with van der Waals surface area (Å²) < 4.78 is 49.2. The second-order valence-corrected chi connectivity index (χ2v) is 7.51. The van der Waals surface area contributed by atoms with Gasteiger partial charge in [0.05, 0.1) is 12.7 Å². The van der Waals surface area contributed by atoms with Gasteiger partial charge in [-0.1, -0.05) is 25.6 Å². The van der Waals surface area contributed by atoms with E-state index in [1.54, 1.807) is 11.8 Å². The molecule has 1 heterocycles. The van der Waals surface area contributed by atoms with Gasteiger partial charge in [0, 0.05) is 18.7 Å². The normalized spacial score (nSPS) is 16.6. The second kappa shape index (κ2) is 10.4. The number of halogens is 3. The number of methoxy groups -OCH3 is 1. The average molecular weight is 439 g/mol. The second-order valence-electron chi connectivity index (χ2n) is 7.51. The first-order chi connectivity index (χ1) is 14.5. The Morgan fingerprint density at radius 2 is 1.97 bits per heavy atom. The summed E-state index contributed by atoms with van der Waals surface area (Å²) in [5.41, 5.74) is 5.59. The zero-order valence-electron chi connectivity index (χ0n) is 18.0. The first-order valence-electron chi connectivity index (χ1n) is 9.89. The van der Waals surface area contributed by atoms with Crippen LogP contribution in [0.5, 0.6) is 0 Å². The minimum atomic E-state index is -4.44. The number of allylic oxidation sites excluding steroid dienone is 1. The molecule has 1 fully saturated rings. The van der Waals surface area contributed by atoms with Crippen molar-refractivity contribution in [1.82, 2.24) is 4.90 Å². The Kier molecular flexibility index (Phi) is 8.13. The molecule has 2 N–H and O–H groups in total. The van der Waals surface area contributed by atoms with Crippen molar-refractivity contribution < 1.29 is 27.4 Å². The molecule has 1 aromatic carbocycles. The van der Waals surface area contributed by atoms with Crippen LogP contribution in [0.4, 0.5) is 13.2 Å². The summed E-state index contributed by atoms with van der Waals surface area (Å²) in [6.45, 7) is 8.58. The van der Waals surface area contributed by atoms with Crippen molar-refractivity contribution in [3.05, 3.63) is 59.0 Å². The van der Waals surface area contributed by atoms with E-state index in [9.17, 15) is 18.0 Å². The highest BCUT2D eigenvalue weighted by atomic mass is 19.4. The average Bonchev–Trinajstić information content (AvgIpc) is 2.74. The van der Waals surface area contributed by atoms with Crippen molar-refractivity contribution in [3.63, 3.8) is 0 Å². The number of amides is 1. The molecule has 0 atom stereocenters. The number of piperidine rings is 1. The lowest BCUT2D eigenvalue weighted by Gasteiger charge is -2.30. The topological polar surface area (TPSA) is 77.1 Å².